The molecule has 0 aromatic heterocycles. The maximum absolute atomic E-state index is 13.3. The van der Waals surface area contributed by atoms with Crippen LogP contribution in [0.4, 0.5) is 4.39 Å². The minimum atomic E-state index is -1.09. The largest absolute Gasteiger partial charge is 0.480 e. The van der Waals surface area contributed by atoms with Gasteiger partial charge in [0.05, 0.1) is 13.1 Å². The van der Waals surface area contributed by atoms with Gasteiger partial charge < -0.3 is 10.8 Å². The Labute approximate surface area is 97.6 Å². The molecule has 1 amide bonds. The molecule has 1 aromatic rings. The Balaban J connectivity index is 2.75. The number of carboxylic acids is 1. The van der Waals surface area contributed by atoms with E-state index in [4.69, 9.17) is 10.8 Å². The molecule has 5 nitrogen and oxygen atoms in total. The highest BCUT2D eigenvalue weighted by molar-refractivity contribution is 5.77. The number of hydrogen-bond acceptors (Lipinski definition) is 3. The molecule has 92 valence electrons. The van der Waals surface area contributed by atoms with Crippen LogP contribution in [0.25, 0.3) is 0 Å². The van der Waals surface area contributed by atoms with Gasteiger partial charge in [-0.15, -0.1) is 0 Å². The number of carboxylic acid groups (broad SMARTS) is 1. The van der Waals surface area contributed by atoms with E-state index in [1.54, 1.807) is 6.07 Å². The molecule has 0 spiro atoms. The van der Waals surface area contributed by atoms with Crippen molar-refractivity contribution in [3.63, 3.8) is 0 Å². The number of primary amides is 1. The molecule has 0 saturated carbocycles. The Morgan fingerprint density at radius 3 is 2.47 bits per heavy atom. The van der Waals surface area contributed by atoms with E-state index in [2.05, 4.69) is 0 Å². The molecule has 0 aliphatic carbocycles. The number of nitrogens with zero attached hydrogens (tertiary/aromatic N) is 1. The number of rotatable bonds is 6. The smallest absolute Gasteiger partial charge is 0.317 e. The number of carbonyl (C=O) groups excluding carboxylic acids is 1. The van der Waals surface area contributed by atoms with E-state index >= 15 is 0 Å². The van der Waals surface area contributed by atoms with Crippen LogP contribution in [0, 0.1) is 5.82 Å². The summed E-state index contributed by atoms with van der Waals surface area (Å²) in [7, 11) is 0. The van der Waals surface area contributed by atoms with Crippen molar-refractivity contribution in [3.05, 3.63) is 35.6 Å². The van der Waals surface area contributed by atoms with Gasteiger partial charge in [0.2, 0.25) is 5.91 Å². The summed E-state index contributed by atoms with van der Waals surface area (Å²) in [6, 6.07) is 5.99. The number of aliphatic carboxylic acids is 1. The van der Waals surface area contributed by atoms with E-state index < -0.39 is 17.7 Å². The van der Waals surface area contributed by atoms with Crippen LogP contribution in [0.1, 0.15) is 5.56 Å². The first-order valence-electron chi connectivity index (χ1n) is 4.95. The number of nitrogens with two attached hydrogens (primary N) is 1. The normalized spacial score (nSPS) is 10.5. The topological polar surface area (TPSA) is 83.6 Å². The molecule has 0 atom stereocenters. The molecule has 0 bridgehead atoms. The van der Waals surface area contributed by atoms with Crippen molar-refractivity contribution in [3.8, 4) is 0 Å². The molecule has 0 fully saturated rings. The van der Waals surface area contributed by atoms with Gasteiger partial charge in [-0.3, -0.25) is 14.5 Å². The van der Waals surface area contributed by atoms with E-state index in [0.29, 0.717) is 5.56 Å². The second kappa shape index (κ2) is 5.95. The lowest BCUT2D eigenvalue weighted by atomic mass is 10.2. The average molecular weight is 240 g/mol. The molecule has 0 aliphatic rings. The van der Waals surface area contributed by atoms with Crippen molar-refractivity contribution in [2.24, 2.45) is 5.73 Å². The molecule has 1 aromatic carbocycles. The Hall–Kier alpha value is -1.95. The SMILES string of the molecule is NC(=O)CN(CC(=O)O)Cc1ccccc1F. The minimum Gasteiger partial charge on any atom is -0.480 e. The van der Waals surface area contributed by atoms with Crippen LogP contribution in [-0.2, 0) is 16.1 Å². The molecule has 0 saturated heterocycles. The third-order valence-corrected chi connectivity index (χ3v) is 2.09. The van der Waals surface area contributed by atoms with E-state index in [-0.39, 0.29) is 19.6 Å². The van der Waals surface area contributed by atoms with Crippen LogP contribution in [0.2, 0.25) is 0 Å². The van der Waals surface area contributed by atoms with Gasteiger partial charge >= 0.3 is 5.97 Å². The monoisotopic (exact) mass is 240 g/mol. The highest BCUT2D eigenvalue weighted by Crippen LogP contribution is 2.09. The van der Waals surface area contributed by atoms with Crippen LogP contribution >= 0.6 is 0 Å². The van der Waals surface area contributed by atoms with Gasteiger partial charge in [-0.25, -0.2) is 4.39 Å². The van der Waals surface area contributed by atoms with E-state index in [0.717, 1.165) is 0 Å². The van der Waals surface area contributed by atoms with Crippen LogP contribution in [0.15, 0.2) is 24.3 Å². The van der Waals surface area contributed by atoms with Crippen molar-refractivity contribution in [1.29, 1.82) is 0 Å². The van der Waals surface area contributed by atoms with Crippen molar-refractivity contribution in [2.75, 3.05) is 13.1 Å². The van der Waals surface area contributed by atoms with Crippen molar-refractivity contribution < 1.29 is 19.1 Å². The first kappa shape index (κ1) is 13.1. The van der Waals surface area contributed by atoms with Crippen molar-refractivity contribution in [2.45, 2.75) is 6.54 Å². The van der Waals surface area contributed by atoms with Crippen LogP contribution in [-0.4, -0.2) is 35.0 Å². The third-order valence-electron chi connectivity index (χ3n) is 2.09. The lowest BCUT2D eigenvalue weighted by Crippen LogP contribution is -2.37. The van der Waals surface area contributed by atoms with Gasteiger partial charge in [-0.2, -0.15) is 0 Å². The summed E-state index contributed by atoms with van der Waals surface area (Å²) in [6.45, 7) is -0.556. The Kier molecular flexibility index (Phi) is 4.59. The summed E-state index contributed by atoms with van der Waals surface area (Å²) in [5.41, 5.74) is 5.32. The summed E-state index contributed by atoms with van der Waals surface area (Å²) in [6.07, 6.45) is 0. The number of carbonyl (C=O) groups is 2. The summed E-state index contributed by atoms with van der Waals surface area (Å²) in [5.74, 6) is -2.18. The lowest BCUT2D eigenvalue weighted by Gasteiger charge is -2.18. The molecule has 1 rings (SSSR count). The zero-order valence-electron chi connectivity index (χ0n) is 9.10. The Morgan fingerprint density at radius 1 is 1.29 bits per heavy atom. The molecular weight excluding hydrogens is 227 g/mol. The predicted molar refractivity (Wildman–Crippen MR) is 58.5 cm³/mol. The van der Waals surface area contributed by atoms with Crippen LogP contribution in [0.3, 0.4) is 0 Å². The number of hydrogen-bond donors (Lipinski definition) is 2. The molecule has 0 heterocycles. The minimum absolute atomic E-state index is 0.0297. The average Bonchev–Trinajstić information content (AvgIpc) is 2.19. The first-order chi connectivity index (χ1) is 7.99. The lowest BCUT2D eigenvalue weighted by molar-refractivity contribution is -0.138. The maximum atomic E-state index is 13.3. The molecule has 6 heteroatoms. The number of benzene rings is 1. The van der Waals surface area contributed by atoms with Crippen LogP contribution in [0.5, 0.6) is 0 Å². The van der Waals surface area contributed by atoms with Crippen molar-refractivity contribution in [1.82, 2.24) is 4.90 Å². The number of amides is 1. The molecule has 0 unspecified atom stereocenters. The third kappa shape index (κ3) is 4.60. The fourth-order valence-corrected chi connectivity index (χ4v) is 1.45. The molecule has 17 heavy (non-hydrogen) atoms. The van der Waals surface area contributed by atoms with E-state index in [9.17, 15) is 14.0 Å². The van der Waals surface area contributed by atoms with Crippen molar-refractivity contribution >= 4 is 11.9 Å². The second-order valence-corrected chi connectivity index (χ2v) is 3.60. The van der Waals surface area contributed by atoms with Gasteiger partial charge in [-0.1, -0.05) is 18.2 Å². The zero-order chi connectivity index (χ0) is 12.8. The first-order valence-corrected chi connectivity index (χ1v) is 4.95. The van der Waals surface area contributed by atoms with E-state index in [1.807, 2.05) is 0 Å². The molecule has 0 radical (unpaired) electrons. The maximum Gasteiger partial charge on any atom is 0.317 e. The van der Waals surface area contributed by atoms with Gasteiger partial charge in [-0.05, 0) is 6.07 Å². The number of halogens is 1. The van der Waals surface area contributed by atoms with Gasteiger partial charge in [0.1, 0.15) is 5.82 Å². The van der Waals surface area contributed by atoms with E-state index in [1.165, 1.54) is 23.1 Å². The Morgan fingerprint density at radius 2 is 1.94 bits per heavy atom. The van der Waals surface area contributed by atoms with Gasteiger partial charge in [0, 0.05) is 12.1 Å². The fourth-order valence-electron chi connectivity index (χ4n) is 1.45. The highest BCUT2D eigenvalue weighted by atomic mass is 19.1. The standard InChI is InChI=1S/C11H13FN2O3/c12-9-4-2-1-3-8(9)5-14(6-10(13)15)7-11(16)17/h1-4H,5-7H2,(H2,13,15)(H,16,17). The molecule has 3 N–H and O–H groups in total. The highest BCUT2D eigenvalue weighted by Gasteiger charge is 2.14. The summed E-state index contributed by atoms with van der Waals surface area (Å²) in [5, 5.41) is 8.66. The molecule has 0 aliphatic heterocycles. The summed E-state index contributed by atoms with van der Waals surface area (Å²) >= 11 is 0. The Bertz CT molecular complexity index is 407. The van der Waals surface area contributed by atoms with Gasteiger partial charge in [0.15, 0.2) is 0 Å². The quantitative estimate of drug-likeness (QED) is 0.743. The zero-order valence-corrected chi connectivity index (χ0v) is 9.10. The summed E-state index contributed by atoms with van der Waals surface area (Å²) in [4.78, 5) is 22.6. The van der Waals surface area contributed by atoms with Crippen LogP contribution < -0.4 is 5.73 Å². The van der Waals surface area contributed by atoms with Gasteiger partial charge in [0.25, 0.3) is 0 Å². The second-order valence-electron chi connectivity index (χ2n) is 3.60. The summed E-state index contributed by atoms with van der Waals surface area (Å²) < 4.78 is 13.3. The predicted octanol–water partition coefficient (Wildman–Crippen LogP) is 0.198. The molecular formula is C11H13FN2O3. The fraction of sp³-hybridized carbons (Fsp3) is 0.273.